The van der Waals surface area contributed by atoms with E-state index >= 15 is 0 Å². The number of hydrogen-bond acceptors (Lipinski definition) is 4. The molecule has 5 nitrogen and oxygen atoms in total. The van der Waals surface area contributed by atoms with Gasteiger partial charge in [-0.1, -0.05) is 6.07 Å². The van der Waals surface area contributed by atoms with Crippen molar-refractivity contribution in [2.75, 3.05) is 19.4 Å². The molecule has 2 heterocycles. The lowest BCUT2D eigenvalue weighted by Crippen LogP contribution is -2.10. The van der Waals surface area contributed by atoms with Crippen LogP contribution in [0.2, 0.25) is 0 Å². The zero-order valence-electron chi connectivity index (χ0n) is 15.5. The molecule has 1 N–H and O–H groups in total. The number of aryl methyl sites for hydroxylation is 1. The summed E-state index contributed by atoms with van der Waals surface area (Å²) in [6.45, 7) is 2.59. The number of anilines is 2. The van der Waals surface area contributed by atoms with Gasteiger partial charge in [-0.05, 0) is 50.3 Å². The largest absolute Gasteiger partial charge is 0.416 e. The Bertz CT molecular complexity index is 979. The molecule has 1 aromatic carbocycles. The van der Waals surface area contributed by atoms with Crippen LogP contribution in [0.25, 0.3) is 5.82 Å². The van der Waals surface area contributed by atoms with Crippen molar-refractivity contribution in [3.63, 3.8) is 0 Å². The third-order valence-corrected chi connectivity index (χ3v) is 4.04. The third-order valence-electron chi connectivity index (χ3n) is 4.04. The molecule has 0 aliphatic rings. The molecule has 0 fully saturated rings. The van der Waals surface area contributed by atoms with Gasteiger partial charge >= 0.3 is 6.18 Å². The second-order valence-electron chi connectivity index (χ2n) is 6.68. The van der Waals surface area contributed by atoms with E-state index in [9.17, 15) is 17.6 Å². The number of halogens is 4. The molecular weight excluding hydrogens is 374 g/mol. The minimum absolute atomic E-state index is 0.00348. The molecular formula is C19H19F4N5. The number of alkyl halides is 3. The average Bonchev–Trinajstić information content (AvgIpc) is 2.96. The summed E-state index contributed by atoms with van der Waals surface area (Å²) in [6, 6.07) is 4.65. The van der Waals surface area contributed by atoms with Crippen LogP contribution in [0.15, 0.2) is 42.9 Å². The Labute approximate surface area is 159 Å². The molecule has 28 heavy (non-hydrogen) atoms. The molecule has 0 saturated heterocycles. The van der Waals surface area contributed by atoms with E-state index in [1.807, 2.05) is 25.9 Å². The Hall–Kier alpha value is -2.94. The van der Waals surface area contributed by atoms with Gasteiger partial charge in [0.1, 0.15) is 0 Å². The van der Waals surface area contributed by atoms with E-state index in [2.05, 4.69) is 15.3 Å². The third kappa shape index (κ3) is 4.48. The van der Waals surface area contributed by atoms with Crippen LogP contribution >= 0.6 is 0 Å². The summed E-state index contributed by atoms with van der Waals surface area (Å²) in [5.41, 5.74) is 1.34. The highest BCUT2D eigenvalue weighted by atomic mass is 19.4. The van der Waals surface area contributed by atoms with Crippen molar-refractivity contribution in [2.45, 2.75) is 19.6 Å². The Balaban J connectivity index is 1.90. The van der Waals surface area contributed by atoms with Gasteiger partial charge in [0.15, 0.2) is 11.6 Å². The zero-order chi connectivity index (χ0) is 20.5. The van der Waals surface area contributed by atoms with Crippen molar-refractivity contribution in [3.8, 4) is 5.82 Å². The summed E-state index contributed by atoms with van der Waals surface area (Å²) < 4.78 is 54.4. The minimum atomic E-state index is -4.46. The van der Waals surface area contributed by atoms with E-state index in [4.69, 9.17) is 0 Å². The lowest BCUT2D eigenvalue weighted by atomic mass is 10.2. The van der Waals surface area contributed by atoms with Crippen LogP contribution in [0.3, 0.4) is 0 Å². The number of rotatable bonds is 5. The Morgan fingerprint density at radius 3 is 2.61 bits per heavy atom. The molecule has 9 heteroatoms. The molecule has 0 atom stereocenters. The molecule has 0 spiro atoms. The molecule has 0 amide bonds. The van der Waals surface area contributed by atoms with E-state index < -0.39 is 17.6 Å². The summed E-state index contributed by atoms with van der Waals surface area (Å²) in [6.07, 6.45) is 0.0460. The van der Waals surface area contributed by atoms with E-state index in [-0.39, 0.29) is 17.5 Å². The molecule has 148 valence electrons. The highest BCUT2D eigenvalue weighted by molar-refractivity contribution is 5.55. The van der Waals surface area contributed by atoms with Gasteiger partial charge in [0.2, 0.25) is 5.95 Å². The van der Waals surface area contributed by atoms with Crippen molar-refractivity contribution in [3.05, 3.63) is 65.4 Å². The fraction of sp³-hybridized carbons (Fsp3) is 0.263. The predicted octanol–water partition coefficient (Wildman–Crippen LogP) is 4.54. The van der Waals surface area contributed by atoms with Crippen molar-refractivity contribution >= 4 is 11.6 Å². The summed E-state index contributed by atoms with van der Waals surface area (Å²) in [4.78, 5) is 9.95. The fourth-order valence-corrected chi connectivity index (χ4v) is 2.73. The van der Waals surface area contributed by atoms with Crippen LogP contribution in [-0.4, -0.2) is 33.5 Å². The minimum Gasteiger partial charge on any atom is -0.324 e. The second-order valence-corrected chi connectivity index (χ2v) is 6.68. The maximum Gasteiger partial charge on any atom is 0.416 e. The van der Waals surface area contributed by atoms with Crippen molar-refractivity contribution < 1.29 is 17.6 Å². The van der Waals surface area contributed by atoms with Crippen molar-refractivity contribution in [2.24, 2.45) is 0 Å². The molecule has 0 radical (unpaired) electrons. The first-order chi connectivity index (χ1) is 13.1. The Kier molecular flexibility index (Phi) is 5.37. The Morgan fingerprint density at radius 2 is 1.93 bits per heavy atom. The molecule has 0 aliphatic heterocycles. The fourth-order valence-electron chi connectivity index (χ4n) is 2.73. The van der Waals surface area contributed by atoms with Crippen molar-refractivity contribution in [1.82, 2.24) is 19.4 Å². The summed E-state index contributed by atoms with van der Waals surface area (Å²) in [7, 11) is 3.86. The van der Waals surface area contributed by atoms with Gasteiger partial charge in [0.05, 0.1) is 11.8 Å². The van der Waals surface area contributed by atoms with Crippen LogP contribution in [-0.2, 0) is 12.7 Å². The number of nitrogens with zero attached hydrogens (tertiary/aromatic N) is 4. The van der Waals surface area contributed by atoms with Gasteiger partial charge in [-0.3, -0.25) is 0 Å². The molecule has 3 rings (SSSR count). The van der Waals surface area contributed by atoms with Crippen LogP contribution in [0.4, 0.5) is 29.2 Å². The number of nitrogens with one attached hydrogen (secondary N) is 1. The first-order valence-electron chi connectivity index (χ1n) is 8.43. The maximum atomic E-state index is 14.3. The van der Waals surface area contributed by atoms with Gasteiger partial charge in [0.25, 0.3) is 0 Å². The van der Waals surface area contributed by atoms with Gasteiger partial charge < -0.3 is 14.8 Å². The average molecular weight is 393 g/mol. The number of benzene rings is 1. The standard InChI is InChI=1S/C19H19F4N5/c1-12-9-28(11-13(12)10-27(2)3)17-16(20)8-24-18(26-17)25-15-6-4-5-14(7-15)19(21,22)23/h4-9,11H,10H2,1-3H3,(H,24,25,26). The van der Waals surface area contributed by atoms with Gasteiger partial charge in [-0.15, -0.1) is 0 Å². The lowest BCUT2D eigenvalue weighted by Gasteiger charge is -2.11. The van der Waals surface area contributed by atoms with Crippen LogP contribution in [0.5, 0.6) is 0 Å². The topological polar surface area (TPSA) is 46.0 Å². The van der Waals surface area contributed by atoms with E-state index in [1.54, 1.807) is 17.0 Å². The molecule has 2 aromatic heterocycles. The Morgan fingerprint density at radius 1 is 1.18 bits per heavy atom. The molecule has 0 saturated carbocycles. The molecule has 0 bridgehead atoms. The summed E-state index contributed by atoms with van der Waals surface area (Å²) >= 11 is 0. The maximum absolute atomic E-state index is 14.3. The van der Waals surface area contributed by atoms with Crippen LogP contribution in [0.1, 0.15) is 16.7 Å². The van der Waals surface area contributed by atoms with Gasteiger partial charge in [-0.2, -0.15) is 18.2 Å². The summed E-state index contributed by atoms with van der Waals surface area (Å²) in [5, 5.41) is 2.70. The van der Waals surface area contributed by atoms with E-state index in [0.29, 0.717) is 6.54 Å². The highest BCUT2D eigenvalue weighted by Crippen LogP contribution is 2.31. The second kappa shape index (κ2) is 7.59. The predicted molar refractivity (Wildman–Crippen MR) is 98.2 cm³/mol. The van der Waals surface area contributed by atoms with Crippen molar-refractivity contribution in [1.29, 1.82) is 0 Å². The highest BCUT2D eigenvalue weighted by Gasteiger charge is 2.30. The lowest BCUT2D eigenvalue weighted by molar-refractivity contribution is -0.137. The SMILES string of the molecule is Cc1cn(-c2nc(Nc3cccc(C(F)(F)F)c3)ncc2F)cc1CN(C)C. The molecule has 0 aliphatic carbocycles. The molecule has 3 aromatic rings. The summed E-state index contributed by atoms with van der Waals surface area (Å²) in [5.74, 6) is -0.630. The van der Waals surface area contributed by atoms with Gasteiger partial charge in [-0.25, -0.2) is 9.37 Å². The smallest absolute Gasteiger partial charge is 0.324 e. The monoisotopic (exact) mass is 393 g/mol. The van der Waals surface area contributed by atoms with Crippen LogP contribution < -0.4 is 5.32 Å². The first kappa shape index (κ1) is 19.8. The quantitative estimate of drug-likeness (QED) is 0.647. The number of hydrogen-bond donors (Lipinski definition) is 1. The van der Waals surface area contributed by atoms with E-state index in [0.717, 1.165) is 29.5 Å². The van der Waals surface area contributed by atoms with Gasteiger partial charge in [0, 0.05) is 24.6 Å². The van der Waals surface area contributed by atoms with E-state index in [1.165, 1.54) is 12.1 Å². The number of aromatic nitrogens is 3. The molecule has 0 unspecified atom stereocenters. The van der Waals surface area contributed by atoms with Crippen LogP contribution in [0, 0.1) is 12.7 Å². The normalized spacial score (nSPS) is 11.9. The zero-order valence-corrected chi connectivity index (χ0v) is 15.5. The first-order valence-corrected chi connectivity index (χ1v) is 8.43.